The van der Waals surface area contributed by atoms with Crippen LogP contribution >= 0.6 is 0 Å². The summed E-state index contributed by atoms with van der Waals surface area (Å²) in [6, 6.07) is 15.0. The van der Waals surface area contributed by atoms with E-state index >= 15 is 0 Å². The van der Waals surface area contributed by atoms with Gasteiger partial charge in [-0.2, -0.15) is 0 Å². The zero-order valence-corrected chi connectivity index (χ0v) is 16.7. The van der Waals surface area contributed by atoms with Gasteiger partial charge in [-0.3, -0.25) is 9.10 Å². The molecule has 1 aliphatic rings. The lowest BCUT2D eigenvalue weighted by molar-refractivity contribution is -0.128. The Balaban J connectivity index is 1.56. The summed E-state index contributed by atoms with van der Waals surface area (Å²) in [4.78, 5) is 12.5. The minimum atomic E-state index is -3.53. The van der Waals surface area contributed by atoms with Crippen LogP contribution in [0.1, 0.15) is 11.1 Å². The van der Waals surface area contributed by atoms with Gasteiger partial charge in [0.25, 0.3) is 5.91 Å². The number of hydrogen-bond acceptors (Lipinski definition) is 5. The quantitative estimate of drug-likeness (QED) is 0.712. The van der Waals surface area contributed by atoms with Crippen LogP contribution < -0.4 is 14.4 Å². The monoisotopic (exact) mass is 404 g/mol. The standard InChI is InChI=1S/C20H24N2O5S/c1-15-8-9-17-18(12-15)27-19(13-22(17)28(2,24)25)20(23)21-10-11-26-14-16-6-4-3-5-7-16/h3-9,12,19H,10-11,13-14H2,1-2H3,(H,21,23)/t19-/m0/s1. The fourth-order valence-corrected chi connectivity index (χ4v) is 3.85. The third-order valence-electron chi connectivity index (χ3n) is 4.33. The van der Waals surface area contributed by atoms with Crippen LogP contribution in [-0.4, -0.2) is 46.4 Å². The maximum Gasteiger partial charge on any atom is 0.263 e. The number of ether oxygens (including phenoxy) is 2. The van der Waals surface area contributed by atoms with E-state index in [1.165, 1.54) is 4.31 Å². The summed E-state index contributed by atoms with van der Waals surface area (Å²) in [6.45, 7) is 2.93. The van der Waals surface area contributed by atoms with Crippen LogP contribution in [0.15, 0.2) is 48.5 Å². The van der Waals surface area contributed by atoms with Gasteiger partial charge in [-0.25, -0.2) is 8.42 Å². The van der Waals surface area contributed by atoms with E-state index in [2.05, 4.69) is 5.32 Å². The molecule has 2 aromatic carbocycles. The van der Waals surface area contributed by atoms with Crippen LogP contribution in [0.3, 0.4) is 0 Å². The van der Waals surface area contributed by atoms with Gasteiger partial charge in [-0.1, -0.05) is 36.4 Å². The Hall–Kier alpha value is -2.58. The number of benzene rings is 2. The molecule has 0 spiro atoms. The molecule has 7 nitrogen and oxygen atoms in total. The van der Waals surface area contributed by atoms with E-state index in [4.69, 9.17) is 9.47 Å². The Morgan fingerprint density at radius 1 is 1.25 bits per heavy atom. The van der Waals surface area contributed by atoms with Crippen LogP contribution in [0.2, 0.25) is 0 Å². The SMILES string of the molecule is Cc1ccc2c(c1)O[C@H](C(=O)NCCOCc1ccccc1)CN2S(C)(=O)=O. The number of carbonyl (C=O) groups excluding carboxylic acids is 1. The molecule has 2 aromatic rings. The van der Waals surface area contributed by atoms with Crippen molar-refractivity contribution in [3.63, 3.8) is 0 Å². The minimum absolute atomic E-state index is 0.0639. The number of sulfonamides is 1. The Bertz CT molecular complexity index is 931. The number of rotatable bonds is 7. The molecule has 0 fully saturated rings. The Morgan fingerprint density at radius 2 is 2.00 bits per heavy atom. The first-order chi connectivity index (χ1) is 13.3. The molecule has 0 radical (unpaired) electrons. The molecule has 1 aliphatic heterocycles. The van der Waals surface area contributed by atoms with Crippen molar-refractivity contribution >= 4 is 21.6 Å². The number of nitrogens with one attached hydrogen (secondary N) is 1. The van der Waals surface area contributed by atoms with E-state index in [0.717, 1.165) is 17.4 Å². The topological polar surface area (TPSA) is 84.9 Å². The van der Waals surface area contributed by atoms with Crippen molar-refractivity contribution in [3.05, 3.63) is 59.7 Å². The molecule has 0 saturated carbocycles. The van der Waals surface area contributed by atoms with Gasteiger partial charge in [0, 0.05) is 6.54 Å². The zero-order chi connectivity index (χ0) is 20.1. The van der Waals surface area contributed by atoms with Gasteiger partial charge in [0.15, 0.2) is 6.10 Å². The molecular formula is C20H24N2O5S. The highest BCUT2D eigenvalue weighted by Crippen LogP contribution is 2.35. The largest absolute Gasteiger partial charge is 0.476 e. The molecule has 150 valence electrons. The third-order valence-corrected chi connectivity index (χ3v) is 5.48. The molecule has 0 bridgehead atoms. The van der Waals surface area contributed by atoms with Gasteiger partial charge in [-0.05, 0) is 30.2 Å². The van der Waals surface area contributed by atoms with Gasteiger partial charge < -0.3 is 14.8 Å². The predicted octanol–water partition coefficient (Wildman–Crippen LogP) is 1.86. The normalized spacial score (nSPS) is 16.2. The van der Waals surface area contributed by atoms with Crippen LogP contribution in [0.25, 0.3) is 0 Å². The molecule has 0 unspecified atom stereocenters. The summed E-state index contributed by atoms with van der Waals surface area (Å²) in [5.74, 6) is 0.0151. The van der Waals surface area contributed by atoms with E-state index < -0.39 is 16.1 Å². The number of fused-ring (bicyclic) bond motifs is 1. The van der Waals surface area contributed by atoms with Crippen LogP contribution in [-0.2, 0) is 26.2 Å². The summed E-state index contributed by atoms with van der Waals surface area (Å²) in [5.41, 5.74) is 2.42. The molecule has 0 aliphatic carbocycles. The maximum atomic E-state index is 12.5. The lowest BCUT2D eigenvalue weighted by atomic mass is 10.1. The summed E-state index contributed by atoms with van der Waals surface area (Å²) in [7, 11) is -3.53. The van der Waals surface area contributed by atoms with Gasteiger partial charge in [0.05, 0.1) is 31.7 Å². The van der Waals surface area contributed by atoms with Crippen LogP contribution in [0.4, 0.5) is 5.69 Å². The molecule has 1 amide bonds. The van der Waals surface area contributed by atoms with Gasteiger partial charge in [0.1, 0.15) is 5.75 Å². The second kappa shape index (κ2) is 8.62. The second-order valence-corrected chi connectivity index (χ2v) is 8.61. The molecule has 0 aromatic heterocycles. The summed E-state index contributed by atoms with van der Waals surface area (Å²) in [6.07, 6.45) is 0.201. The number of amides is 1. The van der Waals surface area contributed by atoms with Crippen molar-refractivity contribution in [2.45, 2.75) is 19.6 Å². The van der Waals surface area contributed by atoms with Gasteiger partial charge in [-0.15, -0.1) is 0 Å². The average Bonchev–Trinajstić information content (AvgIpc) is 2.66. The van der Waals surface area contributed by atoms with Crippen LogP contribution in [0.5, 0.6) is 5.75 Å². The number of anilines is 1. The van der Waals surface area contributed by atoms with E-state index in [-0.39, 0.29) is 12.5 Å². The van der Waals surface area contributed by atoms with E-state index in [9.17, 15) is 13.2 Å². The number of aryl methyl sites for hydroxylation is 1. The number of nitrogens with zero attached hydrogens (tertiary/aromatic N) is 1. The average molecular weight is 404 g/mol. The Kier molecular flexibility index (Phi) is 6.21. The Labute approximate surface area is 165 Å². The molecule has 1 heterocycles. The first-order valence-electron chi connectivity index (χ1n) is 8.99. The fourth-order valence-electron chi connectivity index (χ4n) is 2.94. The third kappa shape index (κ3) is 5.02. The lowest BCUT2D eigenvalue weighted by Gasteiger charge is -2.34. The highest BCUT2D eigenvalue weighted by Gasteiger charge is 2.34. The molecule has 8 heteroatoms. The van der Waals surface area contributed by atoms with Gasteiger partial charge in [0.2, 0.25) is 10.0 Å². The van der Waals surface area contributed by atoms with Crippen molar-refractivity contribution < 1.29 is 22.7 Å². The molecule has 0 saturated heterocycles. The highest BCUT2D eigenvalue weighted by molar-refractivity contribution is 7.92. The van der Waals surface area contributed by atoms with E-state index in [0.29, 0.717) is 31.2 Å². The smallest absolute Gasteiger partial charge is 0.263 e. The highest BCUT2D eigenvalue weighted by atomic mass is 32.2. The summed E-state index contributed by atoms with van der Waals surface area (Å²) >= 11 is 0. The maximum absolute atomic E-state index is 12.5. The number of carbonyl (C=O) groups is 1. The predicted molar refractivity (Wildman–Crippen MR) is 107 cm³/mol. The summed E-state index contributed by atoms with van der Waals surface area (Å²) < 4.78 is 36.8. The second-order valence-electron chi connectivity index (χ2n) is 6.70. The minimum Gasteiger partial charge on any atom is -0.476 e. The first kappa shape index (κ1) is 20.2. The van der Waals surface area contributed by atoms with Crippen molar-refractivity contribution in [3.8, 4) is 5.75 Å². The van der Waals surface area contributed by atoms with Gasteiger partial charge >= 0.3 is 0 Å². The molecule has 1 atom stereocenters. The summed E-state index contributed by atoms with van der Waals surface area (Å²) in [5, 5.41) is 2.75. The fraction of sp³-hybridized carbons (Fsp3) is 0.350. The molecule has 3 rings (SSSR count). The van der Waals surface area contributed by atoms with Crippen molar-refractivity contribution in [2.24, 2.45) is 0 Å². The number of hydrogen-bond donors (Lipinski definition) is 1. The van der Waals surface area contributed by atoms with E-state index in [1.54, 1.807) is 12.1 Å². The van der Waals surface area contributed by atoms with Crippen LogP contribution in [0, 0.1) is 6.92 Å². The lowest BCUT2D eigenvalue weighted by Crippen LogP contribution is -2.50. The van der Waals surface area contributed by atoms with Crippen molar-refractivity contribution in [1.82, 2.24) is 5.32 Å². The van der Waals surface area contributed by atoms with E-state index in [1.807, 2.05) is 43.3 Å². The van der Waals surface area contributed by atoms with Crippen molar-refractivity contribution in [1.29, 1.82) is 0 Å². The molecule has 28 heavy (non-hydrogen) atoms. The van der Waals surface area contributed by atoms with Crippen molar-refractivity contribution in [2.75, 3.05) is 30.3 Å². The first-order valence-corrected chi connectivity index (χ1v) is 10.8. The zero-order valence-electron chi connectivity index (χ0n) is 15.9. The molecular weight excluding hydrogens is 380 g/mol. The molecule has 1 N–H and O–H groups in total. The Morgan fingerprint density at radius 3 is 2.71 bits per heavy atom.